The van der Waals surface area contributed by atoms with Gasteiger partial charge in [0.15, 0.2) is 17.9 Å². The maximum Gasteiger partial charge on any atom is 0.245 e. The SMILES string of the molecule is COc1cccc2c1C(=O)c1c(O)c3c(c(O)c1C2=O)C[C@@](O)(C(=O)CO)C[C@@H]3O[C@H]1C[C@H](NC(=O)[C@H](CC(C)C)NC(=O)[C@H](CO)NC(=O)[C@H](CO)NC(=O)[C@H](CO)NC(=O)[C@H](CCC(N)=O)NC(=O)[C@H](Cc2ccc(O)cc2)NC(=O)[C@H](CCCN)NC(C)=O)[C@H](O)[C@H](C)O1. The minimum Gasteiger partial charge on any atom is -0.508 e. The second-order valence-corrected chi connectivity index (χ2v) is 24.2. The minimum absolute atomic E-state index is 0.0326. The number of fused-ring (bicyclic) bond motifs is 3. The molecule has 0 unspecified atom stereocenters. The number of methoxy groups -OCH3 is 1. The first-order valence-corrected chi connectivity index (χ1v) is 31.1. The summed E-state index contributed by atoms with van der Waals surface area (Å²) in [7, 11) is 1.24. The van der Waals surface area contributed by atoms with E-state index in [1.54, 1.807) is 13.8 Å². The molecule has 0 saturated carbocycles. The van der Waals surface area contributed by atoms with Crippen LogP contribution in [-0.2, 0) is 70.3 Å². The van der Waals surface area contributed by atoms with Gasteiger partial charge in [-0.1, -0.05) is 38.1 Å². The Labute approximate surface area is 554 Å². The van der Waals surface area contributed by atoms with Crippen LogP contribution >= 0.6 is 0 Å². The molecule has 0 bridgehead atoms. The Morgan fingerprint density at radius 3 is 1.73 bits per heavy atom. The zero-order chi connectivity index (χ0) is 71.9. The summed E-state index contributed by atoms with van der Waals surface area (Å²) >= 11 is 0. The van der Waals surface area contributed by atoms with Gasteiger partial charge in [0.1, 0.15) is 83.6 Å². The number of nitrogens with one attached hydrogen (secondary N) is 8. The van der Waals surface area contributed by atoms with Gasteiger partial charge in [0, 0.05) is 55.7 Å². The summed E-state index contributed by atoms with van der Waals surface area (Å²) in [4.78, 5) is 162. The number of carbonyl (C=O) groups excluding carboxylic acids is 12. The summed E-state index contributed by atoms with van der Waals surface area (Å²) < 4.78 is 17.6. The highest BCUT2D eigenvalue weighted by Crippen LogP contribution is 2.52. The normalized spacial score (nSPS) is 20.9. The van der Waals surface area contributed by atoms with E-state index < -0.39 is 230 Å². The van der Waals surface area contributed by atoms with E-state index in [0.29, 0.717) is 12.0 Å². The molecule has 3 aliphatic rings. The van der Waals surface area contributed by atoms with Crippen molar-refractivity contribution in [2.24, 2.45) is 17.4 Å². The van der Waals surface area contributed by atoms with Crippen molar-refractivity contribution in [3.8, 4) is 23.0 Å². The number of amides is 9. The Bertz CT molecular complexity index is 3460. The van der Waals surface area contributed by atoms with Crippen LogP contribution in [-0.4, -0.2) is 229 Å². The van der Waals surface area contributed by atoms with Crippen molar-refractivity contribution in [2.45, 2.75) is 164 Å². The largest absolute Gasteiger partial charge is 0.508 e. The number of aliphatic hydroxyl groups excluding tert-OH is 5. The molecule has 0 radical (unpaired) electrons. The minimum atomic E-state index is -2.52. The maximum atomic E-state index is 14.3. The summed E-state index contributed by atoms with van der Waals surface area (Å²) in [6.45, 7) is 1.29. The van der Waals surface area contributed by atoms with Gasteiger partial charge >= 0.3 is 0 Å². The third-order valence-electron chi connectivity index (χ3n) is 16.6. The molecule has 0 aromatic heterocycles. The number of benzene rings is 3. The molecule has 34 heteroatoms. The zero-order valence-corrected chi connectivity index (χ0v) is 53.7. The van der Waals surface area contributed by atoms with E-state index >= 15 is 0 Å². The average molecular weight is 1370 g/mol. The summed E-state index contributed by atoms with van der Waals surface area (Å²) in [5.74, 6) is -14.6. The molecule has 530 valence electrons. The fourth-order valence-electron chi connectivity index (χ4n) is 11.5. The number of Topliss-reactive ketones (excluding diaryl/α,β-unsaturated/α-hetero) is 1. The monoisotopic (exact) mass is 1360 g/mol. The fourth-order valence-corrected chi connectivity index (χ4v) is 11.5. The van der Waals surface area contributed by atoms with Crippen LogP contribution in [0.15, 0.2) is 42.5 Å². The van der Waals surface area contributed by atoms with Gasteiger partial charge in [-0.2, -0.15) is 0 Å². The molecule has 97 heavy (non-hydrogen) atoms. The van der Waals surface area contributed by atoms with Crippen LogP contribution in [0.2, 0.25) is 0 Å². The Kier molecular flexibility index (Phi) is 27.0. The zero-order valence-electron chi connectivity index (χ0n) is 53.7. The molecule has 1 heterocycles. The predicted octanol–water partition coefficient (Wildman–Crippen LogP) is -5.45. The number of hydrogen-bond acceptors (Lipinski definition) is 25. The standard InChI is InChI=1S/C63H84N10O24/c1-27(2)18-37(58(89)68-36-20-46(96-28(3)51(36)82)97-43-22-63(94,44(80)26-77)21-33-48(43)55(86)50-49(53(33)84)52(83)32-8-6-10-42(95-5)47(32)54(50)85)69-60(91)39(23-74)72-62(93)41(25-76)73-61(92)40(24-75)71-57(88)35(15-16-45(65)81)67-59(90)38(19-30-11-13-31(79)14-12-30)70-56(87)34(9-7-17-64)66-29(4)78/h6,8,10-14,27-28,34-41,43,46,51,74-77,79,82,84,86,94H,7,9,15-26,64H2,1-5H3,(H2,65,81)(H,66,78)(H,67,90)(H,68,89)(H,69,91)(H,70,87)(H,71,88)(H,72,93)(H,73,92)/t28-,34-,35-,36-,37-,38-,39-,40-,41-,43-,46-,51+,63-/m0/s1. The number of phenolic OH excluding ortho intramolecular Hbond substituents is 3. The van der Waals surface area contributed by atoms with Gasteiger partial charge in [0.05, 0.1) is 61.9 Å². The van der Waals surface area contributed by atoms with E-state index in [9.17, 15) is 103 Å². The lowest BCUT2D eigenvalue weighted by Gasteiger charge is -2.43. The molecule has 21 N–H and O–H groups in total. The molecule has 3 aromatic carbocycles. The number of phenols is 3. The van der Waals surface area contributed by atoms with Crippen molar-refractivity contribution in [3.05, 3.63) is 81.4 Å². The van der Waals surface area contributed by atoms with Gasteiger partial charge in [-0.25, -0.2) is 0 Å². The van der Waals surface area contributed by atoms with Crippen molar-refractivity contribution in [1.82, 2.24) is 42.5 Å². The number of hydrogen-bond donors (Lipinski definition) is 19. The molecule has 6 rings (SSSR count). The quantitative estimate of drug-likeness (QED) is 0.0198. The topological polar surface area (TPSA) is 563 Å². The van der Waals surface area contributed by atoms with Crippen molar-refractivity contribution in [1.29, 1.82) is 0 Å². The number of aromatic hydroxyl groups is 3. The number of ketones is 3. The molecular formula is C63H84N10O24. The van der Waals surface area contributed by atoms with Crippen LogP contribution in [0.25, 0.3) is 0 Å². The molecule has 13 atom stereocenters. The second-order valence-electron chi connectivity index (χ2n) is 24.2. The van der Waals surface area contributed by atoms with Crippen LogP contribution in [0.5, 0.6) is 23.0 Å². The highest BCUT2D eigenvalue weighted by atomic mass is 16.7. The number of rotatable bonds is 33. The number of aliphatic hydroxyl groups is 6. The van der Waals surface area contributed by atoms with Crippen molar-refractivity contribution in [3.63, 3.8) is 0 Å². The van der Waals surface area contributed by atoms with Gasteiger partial charge in [-0.05, 0) is 68.8 Å². The highest BCUT2D eigenvalue weighted by Gasteiger charge is 2.51. The van der Waals surface area contributed by atoms with Gasteiger partial charge in [-0.15, -0.1) is 0 Å². The van der Waals surface area contributed by atoms with Crippen molar-refractivity contribution in [2.75, 3.05) is 40.1 Å². The van der Waals surface area contributed by atoms with Gasteiger partial charge in [-0.3, -0.25) is 57.5 Å². The molecule has 1 aliphatic heterocycles. The number of carbonyl (C=O) groups is 12. The summed E-state index contributed by atoms with van der Waals surface area (Å²) in [6, 6.07) is -3.45. The van der Waals surface area contributed by atoms with Gasteiger partial charge < -0.3 is 114 Å². The Morgan fingerprint density at radius 2 is 1.21 bits per heavy atom. The summed E-state index contributed by atoms with van der Waals surface area (Å²) in [5.41, 5.74) is 6.45. The first kappa shape index (κ1) is 76.8. The van der Waals surface area contributed by atoms with Crippen molar-refractivity contribution >= 4 is 70.5 Å². The lowest BCUT2D eigenvalue weighted by Crippen LogP contribution is -2.62. The van der Waals surface area contributed by atoms with Crippen LogP contribution < -0.4 is 58.7 Å². The number of primary amides is 1. The first-order chi connectivity index (χ1) is 45.8. The third kappa shape index (κ3) is 18.9. The van der Waals surface area contributed by atoms with Gasteiger partial charge in [0.2, 0.25) is 58.9 Å². The molecule has 1 saturated heterocycles. The molecule has 1 fully saturated rings. The van der Waals surface area contributed by atoms with Crippen LogP contribution in [0, 0.1) is 5.92 Å². The molecule has 9 amide bonds. The molecule has 3 aromatic rings. The maximum absolute atomic E-state index is 14.3. The van der Waals surface area contributed by atoms with Crippen LogP contribution in [0.1, 0.15) is 127 Å². The van der Waals surface area contributed by atoms with Crippen molar-refractivity contribution < 1.29 is 118 Å². The van der Waals surface area contributed by atoms with E-state index in [1.165, 1.54) is 63.4 Å². The first-order valence-electron chi connectivity index (χ1n) is 31.1. The fraction of sp³-hybridized carbons (Fsp3) is 0.524. The number of nitrogens with two attached hydrogens (primary N) is 2. The molecule has 0 spiro atoms. The molecule has 2 aliphatic carbocycles. The third-order valence-corrected chi connectivity index (χ3v) is 16.6. The van der Waals surface area contributed by atoms with E-state index in [1.807, 2.05) is 0 Å². The lowest BCUT2D eigenvalue weighted by atomic mass is 9.72. The highest BCUT2D eigenvalue weighted by molar-refractivity contribution is 6.31. The smallest absolute Gasteiger partial charge is 0.245 e. The molecule has 34 nitrogen and oxygen atoms in total. The second kappa shape index (κ2) is 34.1. The Hall–Kier alpha value is -9.26. The number of ether oxygens (including phenoxy) is 3. The summed E-state index contributed by atoms with van der Waals surface area (Å²) in [5, 5.41) is 117. The average Bonchev–Trinajstić information content (AvgIpc) is 0.712. The Balaban J connectivity index is 1.14. The van der Waals surface area contributed by atoms with E-state index in [-0.39, 0.29) is 65.5 Å². The van der Waals surface area contributed by atoms with Crippen LogP contribution in [0.3, 0.4) is 0 Å². The van der Waals surface area contributed by atoms with E-state index in [4.69, 9.17) is 25.7 Å². The lowest BCUT2D eigenvalue weighted by molar-refractivity contribution is -0.249. The van der Waals surface area contributed by atoms with E-state index in [0.717, 1.165) is 0 Å². The van der Waals surface area contributed by atoms with Gasteiger partial charge in [0.25, 0.3) is 0 Å². The Morgan fingerprint density at radius 1 is 0.680 bits per heavy atom. The molecular weight excluding hydrogens is 1280 g/mol. The van der Waals surface area contributed by atoms with E-state index in [2.05, 4.69) is 42.5 Å². The summed E-state index contributed by atoms with van der Waals surface area (Å²) in [6.07, 6.45) is -8.92. The predicted molar refractivity (Wildman–Crippen MR) is 334 cm³/mol. The van der Waals surface area contributed by atoms with Crippen LogP contribution in [0.4, 0.5) is 0 Å².